The Balaban J connectivity index is 2.29. The van der Waals surface area contributed by atoms with Crippen LogP contribution in [0.25, 0.3) is 0 Å². The van der Waals surface area contributed by atoms with Gasteiger partial charge in [0.2, 0.25) is 0 Å². The number of nitrogens with zero attached hydrogens (tertiary/aromatic N) is 1. The fourth-order valence-electron chi connectivity index (χ4n) is 0.980. The third-order valence-electron chi connectivity index (χ3n) is 1.71. The van der Waals surface area contributed by atoms with E-state index >= 15 is 0 Å². The standard InChI is InChI=1S/C10H16N2O2/c1-2-13-5-6-14-10-4-3-9(7-11)12-8-10/h3-4,8H,2,5-7,11H2,1H3. The summed E-state index contributed by atoms with van der Waals surface area (Å²) >= 11 is 0. The van der Waals surface area contributed by atoms with Crippen LogP contribution in [0.1, 0.15) is 12.6 Å². The average Bonchev–Trinajstić information content (AvgIpc) is 2.25. The van der Waals surface area contributed by atoms with Gasteiger partial charge in [-0.15, -0.1) is 0 Å². The van der Waals surface area contributed by atoms with Gasteiger partial charge in [-0.3, -0.25) is 4.98 Å². The third-order valence-corrected chi connectivity index (χ3v) is 1.71. The minimum absolute atomic E-state index is 0.458. The van der Waals surface area contributed by atoms with Crippen molar-refractivity contribution in [3.63, 3.8) is 0 Å². The molecule has 0 aromatic carbocycles. The molecule has 1 aromatic heterocycles. The predicted molar refractivity (Wildman–Crippen MR) is 54.1 cm³/mol. The molecule has 4 heteroatoms. The molecule has 0 amide bonds. The molecule has 0 saturated heterocycles. The monoisotopic (exact) mass is 196 g/mol. The topological polar surface area (TPSA) is 57.4 Å². The number of pyridine rings is 1. The smallest absolute Gasteiger partial charge is 0.137 e. The molecule has 14 heavy (non-hydrogen) atoms. The molecule has 0 radical (unpaired) electrons. The van der Waals surface area contributed by atoms with Gasteiger partial charge in [0.05, 0.1) is 18.5 Å². The van der Waals surface area contributed by atoms with Crippen LogP contribution in [-0.4, -0.2) is 24.8 Å². The molecule has 2 N–H and O–H groups in total. The molecule has 0 unspecified atom stereocenters. The van der Waals surface area contributed by atoms with E-state index in [9.17, 15) is 0 Å². The van der Waals surface area contributed by atoms with Gasteiger partial charge in [0, 0.05) is 13.2 Å². The highest BCUT2D eigenvalue weighted by molar-refractivity contribution is 5.19. The SMILES string of the molecule is CCOCCOc1ccc(CN)nc1. The van der Waals surface area contributed by atoms with Crippen LogP contribution >= 0.6 is 0 Å². The molecule has 0 fully saturated rings. The van der Waals surface area contributed by atoms with Crippen molar-refractivity contribution in [2.24, 2.45) is 5.73 Å². The van der Waals surface area contributed by atoms with E-state index in [0.717, 1.165) is 11.4 Å². The summed E-state index contributed by atoms with van der Waals surface area (Å²) in [4.78, 5) is 4.11. The molecule has 0 aliphatic rings. The molecule has 1 rings (SSSR count). The molecule has 0 aliphatic carbocycles. The van der Waals surface area contributed by atoms with Crippen molar-refractivity contribution in [3.05, 3.63) is 24.0 Å². The summed E-state index contributed by atoms with van der Waals surface area (Å²) in [6.07, 6.45) is 1.67. The van der Waals surface area contributed by atoms with Crippen molar-refractivity contribution in [1.82, 2.24) is 4.98 Å². The summed E-state index contributed by atoms with van der Waals surface area (Å²) in [6.45, 7) is 4.29. The maximum Gasteiger partial charge on any atom is 0.137 e. The Morgan fingerprint density at radius 3 is 2.79 bits per heavy atom. The molecule has 1 heterocycles. The van der Waals surface area contributed by atoms with Crippen LogP contribution in [0.5, 0.6) is 5.75 Å². The van der Waals surface area contributed by atoms with Crippen LogP contribution in [0.3, 0.4) is 0 Å². The minimum atomic E-state index is 0.458. The first-order valence-corrected chi connectivity index (χ1v) is 4.72. The lowest BCUT2D eigenvalue weighted by atomic mass is 10.3. The third kappa shape index (κ3) is 3.72. The summed E-state index contributed by atoms with van der Waals surface area (Å²) in [5.41, 5.74) is 6.28. The van der Waals surface area contributed by atoms with E-state index in [1.807, 2.05) is 19.1 Å². The van der Waals surface area contributed by atoms with E-state index in [0.29, 0.717) is 26.4 Å². The molecule has 78 valence electrons. The van der Waals surface area contributed by atoms with Crippen LogP contribution in [0.15, 0.2) is 18.3 Å². The average molecular weight is 196 g/mol. The van der Waals surface area contributed by atoms with E-state index in [2.05, 4.69) is 4.98 Å². The highest BCUT2D eigenvalue weighted by Crippen LogP contribution is 2.08. The second kappa shape index (κ2) is 6.34. The van der Waals surface area contributed by atoms with Gasteiger partial charge in [0.25, 0.3) is 0 Å². The highest BCUT2D eigenvalue weighted by atomic mass is 16.5. The maximum absolute atomic E-state index is 5.42. The molecule has 0 saturated carbocycles. The quantitative estimate of drug-likeness (QED) is 0.688. The lowest BCUT2D eigenvalue weighted by Crippen LogP contribution is -2.07. The molecule has 0 bridgehead atoms. The second-order valence-corrected chi connectivity index (χ2v) is 2.73. The largest absolute Gasteiger partial charge is 0.490 e. The van der Waals surface area contributed by atoms with Crippen molar-refractivity contribution in [1.29, 1.82) is 0 Å². The van der Waals surface area contributed by atoms with Gasteiger partial charge in [0.1, 0.15) is 12.4 Å². The summed E-state index contributed by atoms with van der Waals surface area (Å²) < 4.78 is 10.5. The van der Waals surface area contributed by atoms with E-state index in [1.54, 1.807) is 6.20 Å². The van der Waals surface area contributed by atoms with E-state index in [-0.39, 0.29) is 0 Å². The van der Waals surface area contributed by atoms with Crippen LogP contribution in [-0.2, 0) is 11.3 Å². The lowest BCUT2D eigenvalue weighted by molar-refractivity contribution is 0.110. The van der Waals surface area contributed by atoms with Gasteiger partial charge in [-0.2, -0.15) is 0 Å². The van der Waals surface area contributed by atoms with Crippen LogP contribution in [0.2, 0.25) is 0 Å². The zero-order chi connectivity index (χ0) is 10.2. The fourth-order valence-corrected chi connectivity index (χ4v) is 0.980. The zero-order valence-electron chi connectivity index (χ0n) is 8.40. The van der Waals surface area contributed by atoms with E-state index < -0.39 is 0 Å². The first kappa shape index (κ1) is 10.9. The van der Waals surface area contributed by atoms with Gasteiger partial charge in [-0.1, -0.05) is 0 Å². The maximum atomic E-state index is 5.42. The number of ether oxygens (including phenoxy) is 2. The van der Waals surface area contributed by atoms with E-state index in [1.165, 1.54) is 0 Å². The number of aromatic nitrogens is 1. The van der Waals surface area contributed by atoms with Crippen molar-refractivity contribution in [2.75, 3.05) is 19.8 Å². The Hall–Kier alpha value is -1.13. The summed E-state index contributed by atoms with van der Waals surface area (Å²) in [5, 5.41) is 0. The van der Waals surface area contributed by atoms with Gasteiger partial charge < -0.3 is 15.2 Å². The molecule has 0 atom stereocenters. The first-order valence-electron chi connectivity index (χ1n) is 4.72. The summed E-state index contributed by atoms with van der Waals surface area (Å²) in [6, 6.07) is 3.72. The second-order valence-electron chi connectivity index (χ2n) is 2.73. The van der Waals surface area contributed by atoms with Crippen molar-refractivity contribution in [3.8, 4) is 5.75 Å². The fraction of sp³-hybridized carbons (Fsp3) is 0.500. The predicted octanol–water partition coefficient (Wildman–Crippen LogP) is 0.956. The first-order chi connectivity index (χ1) is 6.86. The Labute approximate surface area is 84.0 Å². The van der Waals surface area contributed by atoms with Crippen LogP contribution in [0, 0.1) is 0 Å². The molecule has 4 nitrogen and oxygen atoms in total. The van der Waals surface area contributed by atoms with Gasteiger partial charge in [-0.05, 0) is 19.1 Å². The Bertz CT molecular complexity index is 249. The van der Waals surface area contributed by atoms with Crippen molar-refractivity contribution >= 4 is 0 Å². The Morgan fingerprint density at radius 1 is 1.36 bits per heavy atom. The van der Waals surface area contributed by atoms with Crippen LogP contribution < -0.4 is 10.5 Å². The molecular formula is C10H16N2O2. The minimum Gasteiger partial charge on any atom is -0.490 e. The zero-order valence-corrected chi connectivity index (χ0v) is 8.40. The normalized spacial score (nSPS) is 10.1. The molecule has 1 aromatic rings. The molecular weight excluding hydrogens is 180 g/mol. The van der Waals surface area contributed by atoms with Gasteiger partial charge >= 0.3 is 0 Å². The van der Waals surface area contributed by atoms with Gasteiger partial charge in [0.15, 0.2) is 0 Å². The lowest BCUT2D eigenvalue weighted by Gasteiger charge is -2.05. The highest BCUT2D eigenvalue weighted by Gasteiger charge is 1.94. The van der Waals surface area contributed by atoms with Crippen LogP contribution in [0.4, 0.5) is 0 Å². The summed E-state index contributed by atoms with van der Waals surface area (Å²) in [7, 11) is 0. The number of hydrogen-bond acceptors (Lipinski definition) is 4. The Morgan fingerprint density at radius 2 is 2.21 bits per heavy atom. The number of rotatable bonds is 6. The molecule has 0 aliphatic heterocycles. The summed E-state index contributed by atoms with van der Waals surface area (Å²) in [5.74, 6) is 0.752. The van der Waals surface area contributed by atoms with E-state index in [4.69, 9.17) is 15.2 Å². The molecule has 0 spiro atoms. The number of nitrogens with two attached hydrogens (primary N) is 1. The van der Waals surface area contributed by atoms with Crippen molar-refractivity contribution in [2.45, 2.75) is 13.5 Å². The van der Waals surface area contributed by atoms with Gasteiger partial charge in [-0.25, -0.2) is 0 Å². The van der Waals surface area contributed by atoms with Crippen molar-refractivity contribution < 1.29 is 9.47 Å². The number of hydrogen-bond donors (Lipinski definition) is 1. The Kier molecular flexibility index (Phi) is 4.96.